The molecule has 38 heavy (non-hydrogen) atoms. The molecule has 10 nitrogen and oxygen atoms in total. The number of hydrogen-bond acceptors (Lipinski definition) is 11. The van der Waals surface area contributed by atoms with Gasteiger partial charge in [-0.2, -0.15) is 4.98 Å². The molecular weight excluding hydrogens is 524 g/mol. The Balaban J connectivity index is 1.49. The fourth-order valence-corrected chi connectivity index (χ4v) is 7.47. The zero-order chi connectivity index (χ0) is 27.4. The number of aromatic nitrogens is 4. The number of nitrogens with one attached hydrogen (secondary N) is 2. The van der Waals surface area contributed by atoms with Crippen molar-refractivity contribution in [3.63, 3.8) is 0 Å². The maximum atomic E-state index is 12.8. The van der Waals surface area contributed by atoms with Crippen LogP contribution in [0.1, 0.15) is 57.8 Å². The molecule has 4 N–H and O–H groups in total. The molecule has 0 bridgehead atoms. The van der Waals surface area contributed by atoms with Gasteiger partial charge in [0, 0.05) is 18.2 Å². The van der Waals surface area contributed by atoms with Crippen molar-refractivity contribution in [1.29, 1.82) is 0 Å². The van der Waals surface area contributed by atoms with E-state index in [1.165, 1.54) is 17.8 Å². The maximum Gasteiger partial charge on any atom is 0.225 e. The number of nitrogens with zero attached hydrogens (tertiary/aromatic N) is 4. The predicted molar refractivity (Wildman–Crippen MR) is 150 cm³/mol. The number of aliphatic hydroxyl groups excluding tert-OH is 2. The number of fused-ring (bicyclic) bond motifs is 1. The lowest BCUT2D eigenvalue weighted by molar-refractivity contribution is 0.0216. The maximum absolute atomic E-state index is 12.8. The monoisotopic (exact) mass is 560 g/mol. The van der Waals surface area contributed by atoms with Gasteiger partial charge in [0.1, 0.15) is 22.4 Å². The van der Waals surface area contributed by atoms with Gasteiger partial charge < -0.3 is 20.8 Å². The summed E-state index contributed by atoms with van der Waals surface area (Å²) in [5.74, 6) is 0.208. The van der Waals surface area contributed by atoms with Crippen LogP contribution < -0.4 is 10.6 Å². The van der Waals surface area contributed by atoms with E-state index in [9.17, 15) is 18.6 Å². The molecule has 0 amide bonds. The van der Waals surface area contributed by atoms with E-state index in [1.807, 2.05) is 19.9 Å². The van der Waals surface area contributed by atoms with Gasteiger partial charge in [-0.25, -0.2) is 18.4 Å². The van der Waals surface area contributed by atoms with E-state index in [1.54, 1.807) is 27.0 Å². The van der Waals surface area contributed by atoms with Crippen LogP contribution in [0.5, 0.6) is 0 Å². The Morgan fingerprint density at radius 1 is 1.05 bits per heavy atom. The molecule has 0 aliphatic heterocycles. The van der Waals surface area contributed by atoms with Crippen LogP contribution in [0.3, 0.4) is 0 Å². The van der Waals surface area contributed by atoms with Crippen LogP contribution in [-0.4, -0.2) is 73.4 Å². The smallest absolute Gasteiger partial charge is 0.225 e. The van der Waals surface area contributed by atoms with Crippen LogP contribution in [-0.2, 0) is 9.84 Å². The molecule has 2 aliphatic carbocycles. The number of aliphatic hydroxyl groups is 2. The van der Waals surface area contributed by atoms with Gasteiger partial charge in [-0.1, -0.05) is 0 Å². The number of pyridine rings is 1. The molecule has 0 aromatic carbocycles. The third-order valence-electron chi connectivity index (χ3n) is 7.72. The van der Waals surface area contributed by atoms with Gasteiger partial charge in [-0.3, -0.25) is 4.98 Å². The average Bonchev–Trinajstić information content (AvgIpc) is 3.33. The summed E-state index contributed by atoms with van der Waals surface area (Å²) in [7, 11) is -3.48. The number of hydrogen-bond donors (Lipinski definition) is 4. The van der Waals surface area contributed by atoms with Crippen LogP contribution in [0.25, 0.3) is 20.8 Å². The molecule has 206 valence electrons. The Bertz CT molecular complexity index is 1450. The highest BCUT2D eigenvalue weighted by molar-refractivity contribution is 7.92. The van der Waals surface area contributed by atoms with Gasteiger partial charge in [-0.05, 0) is 66.4 Å². The van der Waals surface area contributed by atoms with Gasteiger partial charge in [-0.15, -0.1) is 11.3 Å². The van der Waals surface area contributed by atoms with E-state index in [-0.39, 0.29) is 12.2 Å². The number of thiazole rings is 1. The van der Waals surface area contributed by atoms with E-state index in [0.717, 1.165) is 45.0 Å². The highest BCUT2D eigenvalue weighted by atomic mass is 32.2. The quantitative estimate of drug-likeness (QED) is 0.338. The summed E-state index contributed by atoms with van der Waals surface area (Å²) in [5, 5.41) is 29.2. The fraction of sp³-hybridized carbons (Fsp3) is 0.615. The molecule has 12 heteroatoms. The largest absolute Gasteiger partial charge is 0.390 e. The summed E-state index contributed by atoms with van der Waals surface area (Å²) in [5.41, 5.74) is 3.10. The van der Waals surface area contributed by atoms with Crippen molar-refractivity contribution in [1.82, 2.24) is 19.9 Å². The van der Waals surface area contributed by atoms with Gasteiger partial charge in [0.2, 0.25) is 5.95 Å². The van der Waals surface area contributed by atoms with Gasteiger partial charge >= 0.3 is 0 Å². The van der Waals surface area contributed by atoms with Crippen molar-refractivity contribution < 1.29 is 18.6 Å². The minimum absolute atomic E-state index is 0.193. The minimum atomic E-state index is -3.48. The fourth-order valence-electron chi connectivity index (χ4n) is 4.96. The van der Waals surface area contributed by atoms with E-state index >= 15 is 0 Å². The molecule has 5 rings (SSSR count). The molecule has 0 radical (unpaired) electrons. The molecule has 1 unspecified atom stereocenters. The Labute approximate surface area is 227 Å². The topological polar surface area (TPSA) is 150 Å². The number of anilines is 2. The number of sulfone groups is 1. The zero-order valence-electron chi connectivity index (χ0n) is 22.4. The van der Waals surface area contributed by atoms with Crippen molar-refractivity contribution >= 4 is 43.2 Å². The van der Waals surface area contributed by atoms with Crippen LogP contribution in [0.15, 0.2) is 12.3 Å². The number of rotatable bonds is 7. The molecule has 2 saturated carbocycles. The molecule has 3 aromatic heterocycles. The molecule has 0 saturated heterocycles. The van der Waals surface area contributed by atoms with Gasteiger partial charge in [0.05, 0.1) is 44.3 Å². The summed E-state index contributed by atoms with van der Waals surface area (Å²) in [6.45, 7) is 8.78. The SMILES string of the molecule is Cc1nc(NC2CCC2)nc(NC2C[C@H](CS(=O)(=O)C(C)(C)C)[C@@H](O)[C@H]2O)c1-c1nc2c(C)nccc2s1. The first kappa shape index (κ1) is 27.2. The summed E-state index contributed by atoms with van der Waals surface area (Å²) in [6.07, 6.45) is 3.03. The van der Waals surface area contributed by atoms with Crippen molar-refractivity contribution in [2.45, 2.75) is 89.3 Å². The number of aryl methyl sites for hydroxylation is 2. The van der Waals surface area contributed by atoms with Crippen LogP contribution >= 0.6 is 11.3 Å². The van der Waals surface area contributed by atoms with E-state index in [0.29, 0.717) is 17.8 Å². The molecule has 0 spiro atoms. The van der Waals surface area contributed by atoms with Crippen LogP contribution in [0.4, 0.5) is 11.8 Å². The van der Waals surface area contributed by atoms with E-state index in [4.69, 9.17) is 15.0 Å². The van der Waals surface area contributed by atoms with E-state index < -0.39 is 38.8 Å². The van der Waals surface area contributed by atoms with Crippen LogP contribution in [0, 0.1) is 19.8 Å². The summed E-state index contributed by atoms with van der Waals surface area (Å²) in [4.78, 5) is 18.7. The highest BCUT2D eigenvalue weighted by Gasteiger charge is 2.45. The van der Waals surface area contributed by atoms with Crippen molar-refractivity contribution in [2.75, 3.05) is 16.4 Å². The lowest BCUT2D eigenvalue weighted by atomic mass is 9.93. The standard InChI is InChI=1S/C26H36N6O4S2/c1-13-19(24-31-20-14(2)27-10-9-18(20)37-24)23(32-25(28-13)29-16-7-6-8-16)30-17-11-15(21(33)22(17)34)12-38(35,36)26(3,4)5/h9-10,15-17,21-22,33-34H,6-8,11-12H2,1-5H3,(H2,28,29,30,32)/t15-,17?,21-,22+/m1/s1. The lowest BCUT2D eigenvalue weighted by Crippen LogP contribution is -2.38. The van der Waals surface area contributed by atoms with Crippen molar-refractivity contribution in [3.8, 4) is 10.6 Å². The normalized spacial score (nSPS) is 24.5. The highest BCUT2D eigenvalue weighted by Crippen LogP contribution is 2.39. The van der Waals surface area contributed by atoms with Gasteiger partial charge in [0.25, 0.3) is 0 Å². The minimum Gasteiger partial charge on any atom is -0.390 e. The third-order valence-corrected chi connectivity index (χ3v) is 11.5. The first-order chi connectivity index (χ1) is 17.8. The summed E-state index contributed by atoms with van der Waals surface area (Å²) >= 11 is 1.52. The Morgan fingerprint density at radius 2 is 1.79 bits per heavy atom. The summed E-state index contributed by atoms with van der Waals surface area (Å²) < 4.78 is 25.8. The molecule has 3 aromatic rings. The Morgan fingerprint density at radius 3 is 2.42 bits per heavy atom. The van der Waals surface area contributed by atoms with Crippen molar-refractivity contribution in [3.05, 3.63) is 23.7 Å². The Hall–Kier alpha value is -2.41. The first-order valence-electron chi connectivity index (χ1n) is 13.1. The molecular formula is C26H36N6O4S2. The predicted octanol–water partition coefficient (Wildman–Crippen LogP) is 3.47. The third kappa shape index (κ3) is 5.11. The molecule has 4 atom stereocenters. The van der Waals surface area contributed by atoms with E-state index in [2.05, 4.69) is 15.6 Å². The van der Waals surface area contributed by atoms with Crippen molar-refractivity contribution in [2.24, 2.45) is 5.92 Å². The van der Waals surface area contributed by atoms with Crippen LogP contribution in [0.2, 0.25) is 0 Å². The second-order valence-corrected chi connectivity index (χ2v) is 15.3. The Kier molecular flexibility index (Phi) is 7.12. The second-order valence-electron chi connectivity index (χ2n) is 11.5. The first-order valence-corrected chi connectivity index (χ1v) is 15.5. The summed E-state index contributed by atoms with van der Waals surface area (Å²) in [6, 6.07) is 1.67. The molecule has 3 heterocycles. The second kappa shape index (κ2) is 9.96. The molecule has 2 fully saturated rings. The zero-order valence-corrected chi connectivity index (χ0v) is 24.0. The lowest BCUT2D eigenvalue weighted by Gasteiger charge is -2.27. The average molecular weight is 561 g/mol. The molecule has 2 aliphatic rings. The van der Waals surface area contributed by atoms with Gasteiger partial charge in [0.15, 0.2) is 9.84 Å².